The van der Waals surface area contributed by atoms with Crippen LogP contribution in [0.1, 0.15) is 66.1 Å². The second kappa shape index (κ2) is 5.88. The van der Waals surface area contributed by atoms with Gasteiger partial charge in [-0.2, -0.15) is 0 Å². The summed E-state index contributed by atoms with van der Waals surface area (Å²) in [6.07, 6.45) is 8.61. The molecule has 3 heteroatoms. The van der Waals surface area contributed by atoms with Gasteiger partial charge in [0.15, 0.2) is 0 Å². The normalized spacial score (nSPS) is 22.9. The Morgan fingerprint density at radius 3 is 2.85 bits per heavy atom. The van der Waals surface area contributed by atoms with E-state index in [0.717, 1.165) is 11.4 Å². The molecular weight excluding hydrogens is 266 g/mol. The van der Waals surface area contributed by atoms with Gasteiger partial charge < -0.3 is 4.90 Å². The Bertz CT molecular complexity index is 468. The van der Waals surface area contributed by atoms with E-state index in [1.807, 2.05) is 0 Å². The number of hydrogen-bond donors (Lipinski definition) is 0. The van der Waals surface area contributed by atoms with E-state index in [4.69, 9.17) is 0 Å². The topological polar surface area (TPSA) is 20.3 Å². The van der Waals surface area contributed by atoms with Gasteiger partial charge in [-0.3, -0.25) is 4.79 Å². The summed E-state index contributed by atoms with van der Waals surface area (Å²) in [5.74, 6) is 0.860. The van der Waals surface area contributed by atoms with Crippen LogP contribution in [0.3, 0.4) is 0 Å². The van der Waals surface area contributed by atoms with Crippen LogP contribution in [0.4, 0.5) is 0 Å². The summed E-state index contributed by atoms with van der Waals surface area (Å²) >= 11 is 1.77. The number of carbonyl (C=O) groups excluding carboxylic acids is 1. The maximum atomic E-state index is 12.8. The van der Waals surface area contributed by atoms with Gasteiger partial charge in [0.2, 0.25) is 0 Å². The standard InChI is InChI=1S/C17H25NOS/c1-12(2)14-8-6-10-18(14)17(19)16-11-13-7-4-3-5-9-15(13)20-16/h11-12,14H,3-10H2,1-2H3/t14-/m1/s1. The Balaban J connectivity index is 1.80. The number of rotatable bonds is 2. The van der Waals surface area contributed by atoms with Gasteiger partial charge in [0.1, 0.15) is 0 Å². The number of amides is 1. The summed E-state index contributed by atoms with van der Waals surface area (Å²) in [4.78, 5) is 17.4. The van der Waals surface area contributed by atoms with E-state index in [2.05, 4.69) is 24.8 Å². The number of thiophene rings is 1. The molecule has 0 radical (unpaired) electrons. The monoisotopic (exact) mass is 291 g/mol. The van der Waals surface area contributed by atoms with Gasteiger partial charge in [0.05, 0.1) is 4.88 Å². The molecule has 0 N–H and O–H groups in total. The van der Waals surface area contributed by atoms with Gasteiger partial charge in [0, 0.05) is 17.5 Å². The molecule has 2 heterocycles. The lowest BCUT2D eigenvalue weighted by Crippen LogP contribution is -2.38. The molecule has 1 saturated heterocycles. The third kappa shape index (κ3) is 2.65. The molecule has 1 aliphatic carbocycles. The molecule has 1 amide bonds. The van der Waals surface area contributed by atoms with Crippen molar-refractivity contribution in [1.82, 2.24) is 4.90 Å². The molecule has 0 aromatic carbocycles. The quantitative estimate of drug-likeness (QED) is 0.745. The third-order valence-corrected chi connectivity index (χ3v) is 6.01. The van der Waals surface area contributed by atoms with E-state index in [9.17, 15) is 4.79 Å². The number of carbonyl (C=O) groups is 1. The van der Waals surface area contributed by atoms with Crippen molar-refractivity contribution in [3.63, 3.8) is 0 Å². The summed E-state index contributed by atoms with van der Waals surface area (Å²) in [5, 5.41) is 0. The Morgan fingerprint density at radius 2 is 2.05 bits per heavy atom. The zero-order valence-corrected chi connectivity index (χ0v) is 13.5. The highest BCUT2D eigenvalue weighted by atomic mass is 32.1. The van der Waals surface area contributed by atoms with Crippen LogP contribution >= 0.6 is 11.3 Å². The Morgan fingerprint density at radius 1 is 1.25 bits per heavy atom. The van der Waals surface area contributed by atoms with E-state index in [-0.39, 0.29) is 0 Å². The van der Waals surface area contributed by atoms with Gasteiger partial charge in [-0.25, -0.2) is 0 Å². The SMILES string of the molecule is CC(C)[C@H]1CCCN1C(=O)c1cc2c(s1)CCCCC2. The van der Waals surface area contributed by atoms with Gasteiger partial charge in [-0.1, -0.05) is 20.3 Å². The molecule has 0 spiro atoms. The smallest absolute Gasteiger partial charge is 0.264 e. The van der Waals surface area contributed by atoms with E-state index in [1.54, 1.807) is 11.3 Å². The predicted molar refractivity (Wildman–Crippen MR) is 84.5 cm³/mol. The number of aryl methyl sites for hydroxylation is 2. The molecule has 1 fully saturated rings. The number of likely N-dealkylation sites (tertiary alicyclic amines) is 1. The van der Waals surface area contributed by atoms with Crippen LogP contribution in [-0.4, -0.2) is 23.4 Å². The summed E-state index contributed by atoms with van der Waals surface area (Å²) < 4.78 is 0. The average Bonchev–Trinajstić information content (AvgIpc) is 3.01. The molecule has 2 aliphatic rings. The maximum absolute atomic E-state index is 12.8. The van der Waals surface area contributed by atoms with Crippen LogP contribution in [-0.2, 0) is 12.8 Å². The second-order valence-electron chi connectivity index (χ2n) is 6.57. The zero-order chi connectivity index (χ0) is 14.1. The van der Waals surface area contributed by atoms with Gasteiger partial charge in [0.25, 0.3) is 5.91 Å². The summed E-state index contributed by atoms with van der Waals surface area (Å²) in [6, 6.07) is 2.65. The Labute approximate surface area is 126 Å². The molecule has 0 saturated carbocycles. The molecule has 3 rings (SSSR count). The van der Waals surface area contributed by atoms with Crippen molar-refractivity contribution in [2.75, 3.05) is 6.54 Å². The molecule has 1 aromatic rings. The molecule has 2 nitrogen and oxygen atoms in total. The first-order valence-corrected chi connectivity index (χ1v) is 8.91. The predicted octanol–water partition coefficient (Wildman–Crippen LogP) is 4.28. The number of fused-ring (bicyclic) bond motifs is 1. The van der Waals surface area contributed by atoms with E-state index in [0.29, 0.717) is 17.9 Å². The molecule has 110 valence electrons. The molecule has 20 heavy (non-hydrogen) atoms. The number of hydrogen-bond acceptors (Lipinski definition) is 2. The molecule has 0 bridgehead atoms. The first kappa shape index (κ1) is 14.1. The first-order chi connectivity index (χ1) is 9.66. The lowest BCUT2D eigenvalue weighted by atomic mass is 10.0. The second-order valence-corrected chi connectivity index (χ2v) is 7.71. The summed E-state index contributed by atoms with van der Waals surface area (Å²) in [5.41, 5.74) is 1.45. The summed E-state index contributed by atoms with van der Waals surface area (Å²) in [6.45, 7) is 5.42. The van der Waals surface area contributed by atoms with Gasteiger partial charge >= 0.3 is 0 Å². The highest BCUT2D eigenvalue weighted by Gasteiger charge is 2.32. The minimum atomic E-state index is 0.291. The minimum absolute atomic E-state index is 0.291. The fraction of sp³-hybridized carbons (Fsp3) is 0.706. The fourth-order valence-electron chi connectivity index (χ4n) is 3.65. The maximum Gasteiger partial charge on any atom is 0.264 e. The molecule has 1 aromatic heterocycles. The molecule has 1 atom stereocenters. The minimum Gasteiger partial charge on any atom is -0.335 e. The number of nitrogens with zero attached hydrogens (tertiary/aromatic N) is 1. The highest BCUT2D eigenvalue weighted by molar-refractivity contribution is 7.14. The van der Waals surface area contributed by atoms with Crippen LogP contribution in [0.15, 0.2) is 6.07 Å². The van der Waals surface area contributed by atoms with Crippen molar-refractivity contribution in [1.29, 1.82) is 0 Å². The van der Waals surface area contributed by atoms with E-state index < -0.39 is 0 Å². The van der Waals surface area contributed by atoms with Gasteiger partial charge in [-0.15, -0.1) is 11.3 Å². The molecule has 0 unspecified atom stereocenters. The average molecular weight is 291 g/mol. The van der Waals surface area contributed by atoms with Crippen molar-refractivity contribution in [3.8, 4) is 0 Å². The van der Waals surface area contributed by atoms with E-state index >= 15 is 0 Å². The van der Waals surface area contributed by atoms with Crippen LogP contribution in [0.25, 0.3) is 0 Å². The Kier molecular flexibility index (Phi) is 4.16. The van der Waals surface area contributed by atoms with Crippen LogP contribution in [0.2, 0.25) is 0 Å². The van der Waals surface area contributed by atoms with Crippen LogP contribution in [0.5, 0.6) is 0 Å². The van der Waals surface area contributed by atoms with Crippen molar-refractivity contribution in [2.45, 2.75) is 64.8 Å². The lowest BCUT2D eigenvalue weighted by Gasteiger charge is -2.27. The Hall–Kier alpha value is -0.830. The zero-order valence-electron chi connectivity index (χ0n) is 12.7. The highest BCUT2D eigenvalue weighted by Crippen LogP contribution is 2.32. The molecular formula is C17H25NOS. The van der Waals surface area contributed by atoms with E-state index in [1.165, 1.54) is 55.4 Å². The molecule has 1 aliphatic heterocycles. The van der Waals surface area contributed by atoms with Crippen LogP contribution < -0.4 is 0 Å². The van der Waals surface area contributed by atoms with Crippen LogP contribution in [0, 0.1) is 5.92 Å². The van der Waals surface area contributed by atoms with Crippen molar-refractivity contribution >= 4 is 17.2 Å². The van der Waals surface area contributed by atoms with Crippen molar-refractivity contribution in [2.24, 2.45) is 5.92 Å². The third-order valence-electron chi connectivity index (χ3n) is 4.79. The van der Waals surface area contributed by atoms with Gasteiger partial charge in [-0.05, 0) is 56.1 Å². The van der Waals surface area contributed by atoms with Crippen molar-refractivity contribution in [3.05, 3.63) is 21.4 Å². The largest absolute Gasteiger partial charge is 0.335 e. The summed E-state index contributed by atoms with van der Waals surface area (Å²) in [7, 11) is 0. The lowest BCUT2D eigenvalue weighted by molar-refractivity contribution is 0.0706. The first-order valence-electron chi connectivity index (χ1n) is 8.09. The fourth-order valence-corrected chi connectivity index (χ4v) is 4.86. The van der Waals surface area contributed by atoms with Crippen molar-refractivity contribution < 1.29 is 4.79 Å².